The van der Waals surface area contributed by atoms with E-state index < -0.39 is 11.9 Å². The summed E-state index contributed by atoms with van der Waals surface area (Å²) in [5.41, 5.74) is 0.445. The van der Waals surface area contributed by atoms with Crippen LogP contribution in [0.25, 0.3) is 0 Å². The van der Waals surface area contributed by atoms with Gasteiger partial charge in [0.1, 0.15) is 5.82 Å². The molecule has 0 radical (unpaired) electrons. The van der Waals surface area contributed by atoms with Gasteiger partial charge in [0, 0.05) is 6.04 Å². The van der Waals surface area contributed by atoms with Gasteiger partial charge in [0.25, 0.3) is 0 Å². The molecule has 2 rings (SSSR count). The van der Waals surface area contributed by atoms with E-state index in [9.17, 15) is 14.3 Å². The molecule has 1 unspecified atom stereocenters. The van der Waals surface area contributed by atoms with E-state index in [1.165, 1.54) is 31.0 Å². The molecule has 0 aromatic heterocycles. The van der Waals surface area contributed by atoms with Gasteiger partial charge in [-0.25, -0.2) is 4.39 Å². The Hall–Kier alpha value is -1.42. The first kappa shape index (κ1) is 15.0. The summed E-state index contributed by atoms with van der Waals surface area (Å²) in [5.74, 6) is -0.556. The number of carbonyl (C=O) groups is 1. The fourth-order valence-corrected chi connectivity index (χ4v) is 2.72. The predicted molar refractivity (Wildman–Crippen MR) is 75.6 cm³/mol. The van der Waals surface area contributed by atoms with Crippen molar-refractivity contribution >= 4 is 5.91 Å². The van der Waals surface area contributed by atoms with Crippen molar-refractivity contribution in [3.05, 3.63) is 35.6 Å². The highest BCUT2D eigenvalue weighted by atomic mass is 19.1. The first-order valence-corrected chi connectivity index (χ1v) is 7.38. The van der Waals surface area contributed by atoms with E-state index in [0.717, 1.165) is 25.7 Å². The van der Waals surface area contributed by atoms with Gasteiger partial charge in [-0.2, -0.15) is 0 Å². The van der Waals surface area contributed by atoms with Gasteiger partial charge in [-0.1, -0.05) is 37.8 Å². The standard InChI is InChI=1S/C16H22FNO2/c17-13-7-5-6-12(10-13)15(19)11-16(20)18-14-8-3-1-2-4-9-14/h5-7,10,14-15,19H,1-4,8-9,11H2,(H,18,20). The van der Waals surface area contributed by atoms with Gasteiger partial charge in [0.15, 0.2) is 0 Å². The fraction of sp³-hybridized carbons (Fsp3) is 0.562. The van der Waals surface area contributed by atoms with Crippen LogP contribution < -0.4 is 5.32 Å². The Morgan fingerprint density at radius 1 is 1.30 bits per heavy atom. The van der Waals surface area contributed by atoms with Crippen molar-refractivity contribution in [3.63, 3.8) is 0 Å². The maximum Gasteiger partial charge on any atom is 0.223 e. The molecule has 0 spiro atoms. The van der Waals surface area contributed by atoms with Crippen LogP contribution in [0.4, 0.5) is 4.39 Å². The molecule has 1 aromatic rings. The van der Waals surface area contributed by atoms with Crippen LogP contribution in [0.1, 0.15) is 56.6 Å². The molecule has 0 heterocycles. The Morgan fingerprint density at radius 2 is 2.00 bits per heavy atom. The van der Waals surface area contributed by atoms with Gasteiger partial charge in [-0.15, -0.1) is 0 Å². The molecule has 3 nitrogen and oxygen atoms in total. The van der Waals surface area contributed by atoms with Gasteiger partial charge in [-0.3, -0.25) is 4.79 Å². The number of benzene rings is 1. The number of hydrogen-bond donors (Lipinski definition) is 2. The van der Waals surface area contributed by atoms with Crippen molar-refractivity contribution < 1.29 is 14.3 Å². The van der Waals surface area contributed by atoms with Crippen molar-refractivity contribution in [2.45, 2.75) is 57.1 Å². The normalized spacial score (nSPS) is 18.3. The summed E-state index contributed by atoms with van der Waals surface area (Å²) in [6.45, 7) is 0. The van der Waals surface area contributed by atoms with Crippen LogP contribution in [0.3, 0.4) is 0 Å². The molecule has 0 saturated heterocycles. The third kappa shape index (κ3) is 4.60. The molecule has 1 fully saturated rings. The van der Waals surface area contributed by atoms with E-state index in [0.29, 0.717) is 5.56 Å². The molecule has 1 saturated carbocycles. The molecule has 20 heavy (non-hydrogen) atoms. The van der Waals surface area contributed by atoms with Crippen LogP contribution in [0.2, 0.25) is 0 Å². The van der Waals surface area contributed by atoms with Crippen molar-refractivity contribution in [1.82, 2.24) is 5.32 Å². The molecule has 1 amide bonds. The van der Waals surface area contributed by atoms with Crippen LogP contribution in [0.15, 0.2) is 24.3 Å². The SMILES string of the molecule is O=C(CC(O)c1cccc(F)c1)NC1CCCCCC1. The summed E-state index contributed by atoms with van der Waals surface area (Å²) < 4.78 is 13.1. The van der Waals surface area contributed by atoms with Gasteiger partial charge in [0.05, 0.1) is 12.5 Å². The average Bonchev–Trinajstić information content (AvgIpc) is 2.67. The van der Waals surface area contributed by atoms with Crippen LogP contribution >= 0.6 is 0 Å². The van der Waals surface area contributed by atoms with Crippen LogP contribution in [-0.4, -0.2) is 17.1 Å². The van der Waals surface area contributed by atoms with Gasteiger partial charge < -0.3 is 10.4 Å². The molecule has 1 aliphatic rings. The Balaban J connectivity index is 1.84. The third-order valence-electron chi connectivity index (χ3n) is 3.83. The summed E-state index contributed by atoms with van der Waals surface area (Å²) in [6.07, 6.45) is 5.84. The minimum Gasteiger partial charge on any atom is -0.388 e. The molecule has 4 heteroatoms. The van der Waals surface area contributed by atoms with Crippen molar-refractivity contribution in [2.24, 2.45) is 0 Å². The number of carbonyl (C=O) groups excluding carboxylic acids is 1. The van der Waals surface area contributed by atoms with E-state index >= 15 is 0 Å². The summed E-state index contributed by atoms with van der Waals surface area (Å²) in [5, 5.41) is 13.0. The third-order valence-corrected chi connectivity index (χ3v) is 3.83. The minimum absolute atomic E-state index is 0.0139. The Bertz CT molecular complexity index is 442. The lowest BCUT2D eigenvalue weighted by Crippen LogP contribution is -2.35. The predicted octanol–water partition coefficient (Wildman–Crippen LogP) is 3.09. The summed E-state index contributed by atoms with van der Waals surface area (Å²) in [6, 6.07) is 5.99. The highest BCUT2D eigenvalue weighted by Crippen LogP contribution is 2.20. The quantitative estimate of drug-likeness (QED) is 0.832. The highest BCUT2D eigenvalue weighted by molar-refractivity contribution is 5.77. The second-order valence-corrected chi connectivity index (χ2v) is 5.53. The molecular weight excluding hydrogens is 257 g/mol. The van der Waals surface area contributed by atoms with Crippen LogP contribution in [-0.2, 0) is 4.79 Å². The molecule has 1 aliphatic carbocycles. The zero-order valence-electron chi connectivity index (χ0n) is 11.6. The maximum absolute atomic E-state index is 13.1. The van der Waals surface area contributed by atoms with Crippen LogP contribution in [0.5, 0.6) is 0 Å². The maximum atomic E-state index is 13.1. The number of halogens is 1. The first-order chi connectivity index (χ1) is 9.65. The van der Waals surface area contributed by atoms with Gasteiger partial charge >= 0.3 is 0 Å². The molecule has 110 valence electrons. The summed E-state index contributed by atoms with van der Waals surface area (Å²) >= 11 is 0. The second kappa shape index (κ2) is 7.39. The van der Waals surface area contributed by atoms with Gasteiger partial charge in [-0.05, 0) is 30.5 Å². The lowest BCUT2D eigenvalue weighted by Gasteiger charge is -2.18. The largest absolute Gasteiger partial charge is 0.388 e. The minimum atomic E-state index is -0.948. The zero-order chi connectivity index (χ0) is 14.4. The van der Waals surface area contributed by atoms with Crippen molar-refractivity contribution in [2.75, 3.05) is 0 Å². The topological polar surface area (TPSA) is 49.3 Å². The monoisotopic (exact) mass is 279 g/mol. The fourth-order valence-electron chi connectivity index (χ4n) is 2.72. The zero-order valence-corrected chi connectivity index (χ0v) is 11.6. The Labute approximate surface area is 119 Å². The highest BCUT2D eigenvalue weighted by Gasteiger charge is 2.18. The van der Waals surface area contributed by atoms with E-state index in [1.807, 2.05) is 0 Å². The molecule has 1 aromatic carbocycles. The Kier molecular flexibility index (Phi) is 5.53. The number of nitrogens with one attached hydrogen (secondary N) is 1. The van der Waals surface area contributed by atoms with E-state index in [4.69, 9.17) is 0 Å². The van der Waals surface area contributed by atoms with E-state index in [1.54, 1.807) is 6.07 Å². The molecule has 2 N–H and O–H groups in total. The number of hydrogen-bond acceptors (Lipinski definition) is 2. The smallest absolute Gasteiger partial charge is 0.223 e. The molecular formula is C16H22FNO2. The summed E-state index contributed by atoms with van der Waals surface area (Å²) in [4.78, 5) is 11.9. The molecule has 0 bridgehead atoms. The van der Waals surface area contributed by atoms with Crippen molar-refractivity contribution in [1.29, 1.82) is 0 Å². The van der Waals surface area contributed by atoms with Crippen LogP contribution in [0, 0.1) is 5.82 Å². The first-order valence-electron chi connectivity index (χ1n) is 7.38. The lowest BCUT2D eigenvalue weighted by molar-refractivity contribution is -0.123. The van der Waals surface area contributed by atoms with Crippen molar-refractivity contribution in [3.8, 4) is 0 Å². The number of aliphatic hydroxyl groups excluding tert-OH is 1. The lowest BCUT2D eigenvalue weighted by atomic mass is 10.0. The number of rotatable bonds is 4. The van der Waals surface area contributed by atoms with E-state index in [-0.39, 0.29) is 18.4 Å². The van der Waals surface area contributed by atoms with E-state index in [2.05, 4.69) is 5.32 Å². The average molecular weight is 279 g/mol. The molecule has 1 atom stereocenters. The second-order valence-electron chi connectivity index (χ2n) is 5.53. The molecule has 0 aliphatic heterocycles. The summed E-state index contributed by atoms with van der Waals surface area (Å²) in [7, 11) is 0. The number of amides is 1. The Morgan fingerprint density at radius 3 is 2.65 bits per heavy atom. The van der Waals surface area contributed by atoms with Gasteiger partial charge in [0.2, 0.25) is 5.91 Å². The number of aliphatic hydroxyl groups is 1.